The number of halogens is 1. The Morgan fingerprint density at radius 1 is 1.12 bits per heavy atom. The van der Waals surface area contributed by atoms with E-state index in [0.29, 0.717) is 17.5 Å². The van der Waals surface area contributed by atoms with E-state index in [9.17, 15) is 14.0 Å². The molecule has 1 aromatic heterocycles. The number of hydrogen-bond donors (Lipinski definition) is 2. The molecule has 1 atom stereocenters. The lowest BCUT2D eigenvalue weighted by Crippen LogP contribution is -2.29. The summed E-state index contributed by atoms with van der Waals surface area (Å²) in [6, 6.07) is 13.5. The first-order chi connectivity index (χ1) is 16.0. The van der Waals surface area contributed by atoms with E-state index in [1.54, 1.807) is 18.2 Å². The number of nitriles is 1. The normalized spacial score (nSPS) is 14.3. The van der Waals surface area contributed by atoms with E-state index in [4.69, 9.17) is 5.26 Å². The summed E-state index contributed by atoms with van der Waals surface area (Å²) in [7, 11) is 0. The van der Waals surface area contributed by atoms with E-state index in [2.05, 4.69) is 26.7 Å². The summed E-state index contributed by atoms with van der Waals surface area (Å²) < 4.78 is 13.7. The first-order valence-electron chi connectivity index (χ1n) is 10.7. The van der Waals surface area contributed by atoms with Gasteiger partial charge in [0.25, 0.3) is 11.8 Å². The summed E-state index contributed by atoms with van der Waals surface area (Å²) in [6.45, 7) is 2.07. The zero-order chi connectivity index (χ0) is 23.4. The van der Waals surface area contributed by atoms with Crippen LogP contribution in [-0.2, 0) is 19.4 Å². The van der Waals surface area contributed by atoms with Crippen molar-refractivity contribution < 1.29 is 14.0 Å². The van der Waals surface area contributed by atoms with Gasteiger partial charge < -0.3 is 10.6 Å². The second-order valence-corrected chi connectivity index (χ2v) is 7.84. The van der Waals surface area contributed by atoms with Gasteiger partial charge in [0.2, 0.25) is 0 Å². The number of rotatable bonds is 6. The molecule has 1 aliphatic rings. The second-order valence-electron chi connectivity index (χ2n) is 7.84. The molecule has 2 amide bonds. The van der Waals surface area contributed by atoms with Crippen molar-refractivity contribution in [2.75, 3.05) is 0 Å². The lowest BCUT2D eigenvalue weighted by Gasteiger charge is -2.14. The summed E-state index contributed by atoms with van der Waals surface area (Å²) >= 11 is 0. The molecule has 4 rings (SSSR count). The molecule has 3 aromatic rings. The van der Waals surface area contributed by atoms with Gasteiger partial charge in [0, 0.05) is 12.6 Å². The number of nitrogens with zero attached hydrogens (tertiary/aromatic N) is 3. The third kappa shape index (κ3) is 4.88. The standard InChI is InChI=1S/C25H22FN5O2/c1-2-17-10-16(4-7-20(17)26)13-28-24(32)22-11-23(30-14-29-22)25(33)31-21-8-5-18-9-15(12-27)3-6-19(18)21/h3-4,6-7,9-11,14,21H,2,5,8,13H2,1H3,(H,28,32)(H,31,33). The zero-order valence-corrected chi connectivity index (χ0v) is 18.1. The van der Waals surface area contributed by atoms with Crippen LogP contribution in [0.5, 0.6) is 0 Å². The maximum absolute atomic E-state index is 13.7. The molecule has 2 N–H and O–H groups in total. The molecule has 2 aromatic carbocycles. The number of nitrogens with one attached hydrogen (secondary N) is 2. The quantitative estimate of drug-likeness (QED) is 0.607. The molecule has 166 valence electrons. The van der Waals surface area contributed by atoms with E-state index in [1.807, 2.05) is 19.1 Å². The number of benzene rings is 2. The predicted octanol–water partition coefficient (Wildman–Crippen LogP) is 3.40. The Balaban J connectivity index is 1.41. The van der Waals surface area contributed by atoms with Gasteiger partial charge in [-0.25, -0.2) is 14.4 Å². The number of carbonyl (C=O) groups excluding carboxylic acids is 2. The van der Waals surface area contributed by atoms with Crippen LogP contribution >= 0.6 is 0 Å². The molecule has 1 aliphatic carbocycles. The number of hydrogen-bond acceptors (Lipinski definition) is 5. The van der Waals surface area contributed by atoms with Crippen molar-refractivity contribution in [3.8, 4) is 6.07 Å². The molecule has 33 heavy (non-hydrogen) atoms. The van der Waals surface area contributed by atoms with Gasteiger partial charge in [-0.2, -0.15) is 5.26 Å². The van der Waals surface area contributed by atoms with Crippen LogP contribution in [0, 0.1) is 17.1 Å². The average Bonchev–Trinajstić information content (AvgIpc) is 3.25. The number of fused-ring (bicyclic) bond motifs is 1. The van der Waals surface area contributed by atoms with E-state index >= 15 is 0 Å². The topological polar surface area (TPSA) is 108 Å². The fraction of sp³-hybridized carbons (Fsp3) is 0.240. The summed E-state index contributed by atoms with van der Waals surface area (Å²) in [5, 5.41) is 14.7. The Labute approximate surface area is 190 Å². The summed E-state index contributed by atoms with van der Waals surface area (Å²) in [6.07, 6.45) is 3.24. The third-order valence-corrected chi connectivity index (χ3v) is 5.73. The molecular formula is C25H22FN5O2. The molecular weight excluding hydrogens is 421 g/mol. The molecule has 8 heteroatoms. The molecule has 1 unspecified atom stereocenters. The van der Waals surface area contributed by atoms with E-state index < -0.39 is 11.8 Å². The first-order valence-corrected chi connectivity index (χ1v) is 10.7. The Morgan fingerprint density at radius 2 is 1.91 bits per heavy atom. The van der Waals surface area contributed by atoms with Crippen LogP contribution in [0.15, 0.2) is 48.8 Å². The van der Waals surface area contributed by atoms with Gasteiger partial charge in [0.15, 0.2) is 0 Å². The van der Waals surface area contributed by atoms with Crippen LogP contribution in [0.1, 0.15) is 68.2 Å². The second kappa shape index (κ2) is 9.57. The van der Waals surface area contributed by atoms with Gasteiger partial charge in [-0.05, 0) is 59.7 Å². The van der Waals surface area contributed by atoms with Gasteiger partial charge in [-0.1, -0.05) is 25.1 Å². The SMILES string of the molecule is CCc1cc(CNC(=O)c2cc(C(=O)NC3CCc4cc(C#N)ccc43)ncn2)ccc1F. The van der Waals surface area contributed by atoms with Crippen LogP contribution in [-0.4, -0.2) is 21.8 Å². The Morgan fingerprint density at radius 3 is 2.67 bits per heavy atom. The van der Waals surface area contributed by atoms with Gasteiger partial charge in [0.1, 0.15) is 23.5 Å². The summed E-state index contributed by atoms with van der Waals surface area (Å²) in [4.78, 5) is 33.3. The van der Waals surface area contributed by atoms with Crippen molar-refractivity contribution in [2.24, 2.45) is 0 Å². The highest BCUT2D eigenvalue weighted by Crippen LogP contribution is 2.31. The zero-order valence-electron chi connectivity index (χ0n) is 18.1. The molecule has 0 radical (unpaired) electrons. The van der Waals surface area contributed by atoms with Gasteiger partial charge in [-0.3, -0.25) is 9.59 Å². The summed E-state index contributed by atoms with van der Waals surface area (Å²) in [5.74, 6) is -1.13. The minimum Gasteiger partial charge on any atom is -0.347 e. The van der Waals surface area contributed by atoms with Crippen molar-refractivity contribution >= 4 is 11.8 Å². The van der Waals surface area contributed by atoms with Crippen molar-refractivity contribution in [3.05, 3.63) is 93.8 Å². The van der Waals surface area contributed by atoms with Gasteiger partial charge in [0.05, 0.1) is 17.7 Å². The molecule has 1 heterocycles. The molecule has 0 aliphatic heterocycles. The Bertz CT molecular complexity index is 1270. The van der Waals surface area contributed by atoms with Crippen molar-refractivity contribution in [1.82, 2.24) is 20.6 Å². The smallest absolute Gasteiger partial charge is 0.270 e. The first kappa shape index (κ1) is 22.1. The van der Waals surface area contributed by atoms with E-state index in [1.165, 1.54) is 18.5 Å². The van der Waals surface area contributed by atoms with Crippen LogP contribution in [0.25, 0.3) is 0 Å². The third-order valence-electron chi connectivity index (χ3n) is 5.73. The maximum Gasteiger partial charge on any atom is 0.270 e. The highest BCUT2D eigenvalue weighted by atomic mass is 19.1. The number of aryl methyl sites for hydroxylation is 2. The molecule has 0 saturated heterocycles. The molecule has 0 fully saturated rings. The van der Waals surface area contributed by atoms with Crippen LogP contribution in [0.2, 0.25) is 0 Å². The Kier molecular flexibility index (Phi) is 6.41. The minimum atomic E-state index is -0.455. The summed E-state index contributed by atoms with van der Waals surface area (Å²) in [5.41, 5.74) is 4.15. The fourth-order valence-electron chi connectivity index (χ4n) is 3.96. The molecule has 7 nitrogen and oxygen atoms in total. The molecule has 0 saturated carbocycles. The highest BCUT2D eigenvalue weighted by molar-refractivity contribution is 5.97. The maximum atomic E-state index is 13.7. The van der Waals surface area contributed by atoms with Crippen molar-refractivity contribution in [2.45, 2.75) is 38.8 Å². The van der Waals surface area contributed by atoms with Crippen LogP contribution in [0.4, 0.5) is 4.39 Å². The molecule has 0 bridgehead atoms. The largest absolute Gasteiger partial charge is 0.347 e. The highest BCUT2D eigenvalue weighted by Gasteiger charge is 2.25. The average molecular weight is 443 g/mol. The van der Waals surface area contributed by atoms with Gasteiger partial charge in [-0.15, -0.1) is 0 Å². The fourth-order valence-corrected chi connectivity index (χ4v) is 3.96. The lowest BCUT2D eigenvalue weighted by atomic mass is 10.1. The number of amides is 2. The van der Waals surface area contributed by atoms with Crippen LogP contribution < -0.4 is 10.6 Å². The molecule has 0 spiro atoms. The van der Waals surface area contributed by atoms with E-state index in [-0.39, 0.29) is 29.8 Å². The predicted molar refractivity (Wildman–Crippen MR) is 119 cm³/mol. The van der Waals surface area contributed by atoms with Crippen molar-refractivity contribution in [3.63, 3.8) is 0 Å². The lowest BCUT2D eigenvalue weighted by molar-refractivity contribution is 0.0931. The van der Waals surface area contributed by atoms with Gasteiger partial charge >= 0.3 is 0 Å². The number of carbonyl (C=O) groups is 2. The Hall–Kier alpha value is -4.12. The monoisotopic (exact) mass is 443 g/mol. The van der Waals surface area contributed by atoms with E-state index in [0.717, 1.165) is 29.5 Å². The minimum absolute atomic E-state index is 0.0680. The van der Waals surface area contributed by atoms with Crippen LogP contribution in [0.3, 0.4) is 0 Å². The number of aromatic nitrogens is 2. The van der Waals surface area contributed by atoms with Crippen molar-refractivity contribution in [1.29, 1.82) is 5.26 Å².